The van der Waals surface area contributed by atoms with Gasteiger partial charge in [-0.15, -0.1) is 5.10 Å². The summed E-state index contributed by atoms with van der Waals surface area (Å²) in [7, 11) is 1.59. The van der Waals surface area contributed by atoms with E-state index in [1.54, 1.807) is 52.3 Å². The standard InChI is InChI=1S/C33H30FN7O3/c1-44-28-9-3-2-8-23(28)25-18-24(22-7-5-14-39(20-22)29(42)11-15-40-17-13-36-38-40)30(34)31-26(25)19-27(37-31)33(43)41-16-10-21-6-4-12-35-32(21)41/h2-4,6-9,12-13,17-19,37H,5,10-11,14-16,20H2,1H3. The molecular weight excluding hydrogens is 561 g/mol. The lowest BCUT2D eigenvalue weighted by atomic mass is 9.93. The molecule has 11 heteroatoms. The van der Waals surface area contributed by atoms with Crippen LogP contribution in [0.25, 0.3) is 27.6 Å². The Morgan fingerprint density at radius 2 is 1.93 bits per heavy atom. The highest BCUT2D eigenvalue weighted by molar-refractivity contribution is 6.10. The highest BCUT2D eigenvalue weighted by Crippen LogP contribution is 2.40. The monoisotopic (exact) mass is 591 g/mol. The van der Waals surface area contributed by atoms with Gasteiger partial charge in [-0.1, -0.05) is 35.6 Å². The Kier molecular flexibility index (Phi) is 7.13. The van der Waals surface area contributed by atoms with E-state index < -0.39 is 5.82 Å². The number of nitrogens with one attached hydrogen (secondary N) is 1. The molecule has 2 aliphatic heterocycles. The third kappa shape index (κ3) is 4.89. The molecule has 5 heterocycles. The number of nitrogens with zero attached hydrogens (tertiary/aromatic N) is 6. The van der Waals surface area contributed by atoms with Gasteiger partial charge in [0.2, 0.25) is 5.91 Å². The molecule has 0 unspecified atom stereocenters. The molecule has 2 aromatic carbocycles. The molecule has 222 valence electrons. The molecule has 2 aliphatic rings. The van der Waals surface area contributed by atoms with E-state index >= 15 is 4.39 Å². The highest BCUT2D eigenvalue weighted by atomic mass is 19.1. The van der Waals surface area contributed by atoms with Crippen LogP contribution in [-0.2, 0) is 17.8 Å². The minimum atomic E-state index is -0.471. The molecular formula is C33H30FN7O3. The third-order valence-corrected chi connectivity index (χ3v) is 8.33. The quantitative estimate of drug-likeness (QED) is 0.289. The van der Waals surface area contributed by atoms with Crippen LogP contribution >= 0.6 is 0 Å². The van der Waals surface area contributed by atoms with Gasteiger partial charge in [0.25, 0.3) is 5.91 Å². The first-order valence-electron chi connectivity index (χ1n) is 14.6. The fraction of sp³-hybridized carbons (Fsp3) is 0.242. The van der Waals surface area contributed by atoms with E-state index in [1.165, 1.54) is 0 Å². The molecule has 1 N–H and O–H groups in total. The summed E-state index contributed by atoms with van der Waals surface area (Å²) in [5.41, 5.74) is 4.08. The first-order chi connectivity index (χ1) is 21.5. The van der Waals surface area contributed by atoms with Crippen LogP contribution in [0.3, 0.4) is 0 Å². The molecule has 7 rings (SSSR count). The van der Waals surface area contributed by atoms with E-state index in [0.717, 1.165) is 16.7 Å². The first-order valence-corrected chi connectivity index (χ1v) is 14.6. The number of benzene rings is 2. The third-order valence-electron chi connectivity index (χ3n) is 8.33. The molecule has 3 aromatic heterocycles. The second-order valence-electron chi connectivity index (χ2n) is 10.9. The summed E-state index contributed by atoms with van der Waals surface area (Å²) in [6.07, 6.45) is 8.52. The molecule has 10 nitrogen and oxygen atoms in total. The molecule has 44 heavy (non-hydrogen) atoms. The average Bonchev–Trinajstić information content (AvgIpc) is 3.84. The molecule has 0 bridgehead atoms. The van der Waals surface area contributed by atoms with E-state index in [2.05, 4.69) is 20.3 Å². The number of amides is 2. The minimum absolute atomic E-state index is 0.0372. The Morgan fingerprint density at radius 1 is 1.05 bits per heavy atom. The lowest BCUT2D eigenvalue weighted by molar-refractivity contribution is -0.131. The zero-order chi connectivity index (χ0) is 30.2. The van der Waals surface area contributed by atoms with Crippen molar-refractivity contribution in [2.75, 3.05) is 31.6 Å². The highest BCUT2D eigenvalue weighted by Gasteiger charge is 2.30. The zero-order valence-electron chi connectivity index (χ0n) is 24.2. The van der Waals surface area contributed by atoms with Crippen LogP contribution in [0.15, 0.2) is 73.2 Å². The Bertz CT molecular complexity index is 1910. The van der Waals surface area contributed by atoms with Crippen LogP contribution in [0.2, 0.25) is 0 Å². The molecule has 0 saturated carbocycles. The van der Waals surface area contributed by atoms with Crippen molar-refractivity contribution in [1.82, 2.24) is 29.9 Å². The van der Waals surface area contributed by atoms with Crippen LogP contribution in [0, 0.1) is 5.82 Å². The van der Waals surface area contributed by atoms with Crippen LogP contribution in [0.5, 0.6) is 5.75 Å². The largest absolute Gasteiger partial charge is 0.496 e. The molecule has 0 radical (unpaired) electrons. The fourth-order valence-electron chi connectivity index (χ4n) is 6.12. The SMILES string of the molecule is COc1ccccc1-c1cc(C2=CCCN(C(=O)CCn3ccnn3)C2)c(F)c2[nH]c(C(=O)N3CCc4cccnc43)cc12. The predicted molar refractivity (Wildman–Crippen MR) is 164 cm³/mol. The number of carbonyl (C=O) groups excluding carboxylic acids is 2. The number of para-hydroxylation sites is 1. The normalized spacial score (nSPS) is 14.5. The molecule has 2 amide bonds. The van der Waals surface area contributed by atoms with Gasteiger partial charge >= 0.3 is 0 Å². The number of pyridine rings is 1. The Hall–Kier alpha value is -5.32. The van der Waals surface area contributed by atoms with Gasteiger partial charge in [0.15, 0.2) is 5.82 Å². The number of hydrogen-bond donors (Lipinski definition) is 1. The van der Waals surface area contributed by atoms with Crippen molar-refractivity contribution < 1.29 is 18.7 Å². The second-order valence-corrected chi connectivity index (χ2v) is 10.9. The maximum absolute atomic E-state index is 16.5. The van der Waals surface area contributed by atoms with Gasteiger partial charge in [0, 0.05) is 55.0 Å². The van der Waals surface area contributed by atoms with Crippen molar-refractivity contribution in [2.45, 2.75) is 25.8 Å². The second kappa shape index (κ2) is 11.4. The molecule has 0 spiro atoms. The number of aromatic nitrogens is 5. The number of rotatable bonds is 7. The van der Waals surface area contributed by atoms with E-state index in [0.29, 0.717) is 60.6 Å². The van der Waals surface area contributed by atoms with Crippen LogP contribution in [0.1, 0.15) is 34.5 Å². The van der Waals surface area contributed by atoms with Crippen LogP contribution in [-0.4, -0.2) is 68.4 Å². The van der Waals surface area contributed by atoms with Gasteiger partial charge in [-0.3, -0.25) is 19.2 Å². The molecule has 5 aromatic rings. The summed E-state index contributed by atoms with van der Waals surface area (Å²) in [4.78, 5) is 37.8. The summed E-state index contributed by atoms with van der Waals surface area (Å²) in [5.74, 6) is 0.473. The van der Waals surface area contributed by atoms with Crippen molar-refractivity contribution in [3.63, 3.8) is 0 Å². The number of carbonyl (C=O) groups is 2. The van der Waals surface area contributed by atoms with Gasteiger partial charge in [-0.05, 0) is 53.8 Å². The number of H-pyrrole nitrogens is 1. The van der Waals surface area contributed by atoms with Crippen molar-refractivity contribution in [2.24, 2.45) is 0 Å². The van der Waals surface area contributed by atoms with Crippen molar-refractivity contribution in [3.05, 3.63) is 95.8 Å². The maximum atomic E-state index is 16.5. The Labute approximate surface area is 252 Å². The lowest BCUT2D eigenvalue weighted by Crippen LogP contribution is -2.36. The number of fused-ring (bicyclic) bond motifs is 2. The first kappa shape index (κ1) is 27.5. The smallest absolute Gasteiger partial charge is 0.275 e. The fourth-order valence-corrected chi connectivity index (χ4v) is 6.12. The van der Waals surface area contributed by atoms with Crippen molar-refractivity contribution >= 4 is 34.1 Å². The average molecular weight is 592 g/mol. The van der Waals surface area contributed by atoms with E-state index in [1.807, 2.05) is 42.5 Å². The number of ether oxygens (including phenoxy) is 1. The summed E-state index contributed by atoms with van der Waals surface area (Å²) in [6.45, 7) is 1.74. The predicted octanol–water partition coefficient (Wildman–Crippen LogP) is 4.88. The van der Waals surface area contributed by atoms with E-state index in [-0.39, 0.29) is 36.0 Å². The van der Waals surface area contributed by atoms with Gasteiger partial charge in [-0.2, -0.15) is 0 Å². The lowest BCUT2D eigenvalue weighted by Gasteiger charge is -2.28. The number of aryl methyl sites for hydroxylation is 1. The topological polar surface area (TPSA) is 109 Å². The number of anilines is 1. The molecule has 0 saturated heterocycles. The number of hydrogen-bond acceptors (Lipinski definition) is 6. The van der Waals surface area contributed by atoms with E-state index in [9.17, 15) is 9.59 Å². The van der Waals surface area contributed by atoms with Crippen molar-refractivity contribution in [3.8, 4) is 16.9 Å². The summed E-state index contributed by atoms with van der Waals surface area (Å²) < 4.78 is 23.8. The summed E-state index contributed by atoms with van der Waals surface area (Å²) >= 11 is 0. The Morgan fingerprint density at radius 3 is 2.77 bits per heavy atom. The van der Waals surface area contributed by atoms with Gasteiger partial charge < -0.3 is 14.6 Å². The zero-order valence-corrected chi connectivity index (χ0v) is 24.2. The number of methoxy groups -OCH3 is 1. The summed E-state index contributed by atoms with van der Waals surface area (Å²) in [6, 6.07) is 14.9. The maximum Gasteiger partial charge on any atom is 0.275 e. The van der Waals surface area contributed by atoms with Gasteiger partial charge in [-0.25, -0.2) is 9.37 Å². The minimum Gasteiger partial charge on any atom is -0.496 e. The van der Waals surface area contributed by atoms with Crippen molar-refractivity contribution in [1.29, 1.82) is 0 Å². The van der Waals surface area contributed by atoms with Crippen LogP contribution in [0.4, 0.5) is 10.2 Å². The van der Waals surface area contributed by atoms with Gasteiger partial charge in [0.1, 0.15) is 17.3 Å². The number of aromatic amines is 1. The van der Waals surface area contributed by atoms with E-state index in [4.69, 9.17) is 4.74 Å². The molecule has 0 aliphatic carbocycles. The molecule has 0 atom stereocenters. The Balaban J connectivity index is 1.28. The number of halogens is 1. The van der Waals surface area contributed by atoms with Crippen LogP contribution < -0.4 is 9.64 Å². The van der Waals surface area contributed by atoms with Gasteiger partial charge in [0.05, 0.1) is 25.4 Å². The molecule has 0 fully saturated rings. The summed E-state index contributed by atoms with van der Waals surface area (Å²) in [5, 5.41) is 8.28.